The molecule has 0 spiro atoms. The zero-order valence-electron chi connectivity index (χ0n) is 8.29. The maximum atomic E-state index is 4.23. The average molecular weight is 187 g/mol. The SMILES string of the molecule is CC(C)C1CCN(CCCS)C1. The monoisotopic (exact) mass is 187 g/mol. The first-order valence-corrected chi connectivity index (χ1v) is 5.70. The summed E-state index contributed by atoms with van der Waals surface area (Å²) in [4.78, 5) is 2.58. The fourth-order valence-corrected chi connectivity index (χ4v) is 2.05. The molecule has 2 heteroatoms. The van der Waals surface area contributed by atoms with Crippen molar-refractivity contribution in [3.63, 3.8) is 0 Å². The Hall–Kier alpha value is 0.310. The standard InChI is InChI=1S/C10H21NS/c1-9(2)10-4-6-11(8-10)5-3-7-12/h9-10,12H,3-8H2,1-2H3. The molecule has 0 aliphatic carbocycles. The van der Waals surface area contributed by atoms with Gasteiger partial charge in [-0.2, -0.15) is 12.6 Å². The van der Waals surface area contributed by atoms with E-state index in [1.807, 2.05) is 0 Å². The third-order valence-corrected chi connectivity index (χ3v) is 3.20. The van der Waals surface area contributed by atoms with E-state index in [4.69, 9.17) is 0 Å². The summed E-state index contributed by atoms with van der Waals surface area (Å²) in [5.41, 5.74) is 0. The van der Waals surface area contributed by atoms with E-state index in [1.54, 1.807) is 0 Å². The van der Waals surface area contributed by atoms with E-state index >= 15 is 0 Å². The normalized spacial score (nSPS) is 25.5. The lowest BCUT2D eigenvalue weighted by molar-refractivity contribution is 0.305. The van der Waals surface area contributed by atoms with E-state index in [0.29, 0.717) is 0 Å². The quantitative estimate of drug-likeness (QED) is 0.661. The number of thiol groups is 1. The van der Waals surface area contributed by atoms with Crippen LogP contribution in [0.25, 0.3) is 0 Å². The summed E-state index contributed by atoms with van der Waals surface area (Å²) >= 11 is 4.23. The van der Waals surface area contributed by atoms with E-state index in [-0.39, 0.29) is 0 Å². The maximum absolute atomic E-state index is 4.23. The fraction of sp³-hybridized carbons (Fsp3) is 1.00. The van der Waals surface area contributed by atoms with Crippen LogP contribution in [-0.2, 0) is 0 Å². The van der Waals surface area contributed by atoms with E-state index in [1.165, 1.54) is 32.5 Å². The number of nitrogens with zero attached hydrogens (tertiary/aromatic N) is 1. The molecule has 1 unspecified atom stereocenters. The molecule has 1 fully saturated rings. The highest BCUT2D eigenvalue weighted by Gasteiger charge is 2.23. The minimum Gasteiger partial charge on any atom is -0.303 e. The van der Waals surface area contributed by atoms with Crippen molar-refractivity contribution in [3.05, 3.63) is 0 Å². The van der Waals surface area contributed by atoms with Gasteiger partial charge in [0.1, 0.15) is 0 Å². The summed E-state index contributed by atoms with van der Waals surface area (Å²) in [5, 5.41) is 0. The lowest BCUT2D eigenvalue weighted by atomic mass is 9.95. The maximum Gasteiger partial charge on any atom is 0.00126 e. The summed E-state index contributed by atoms with van der Waals surface area (Å²) in [7, 11) is 0. The molecule has 1 aliphatic heterocycles. The van der Waals surface area contributed by atoms with Crippen LogP contribution in [0.1, 0.15) is 26.7 Å². The van der Waals surface area contributed by atoms with Gasteiger partial charge in [0.2, 0.25) is 0 Å². The van der Waals surface area contributed by atoms with Gasteiger partial charge in [-0.25, -0.2) is 0 Å². The zero-order chi connectivity index (χ0) is 8.97. The highest BCUT2D eigenvalue weighted by Crippen LogP contribution is 2.23. The molecule has 0 radical (unpaired) electrons. The van der Waals surface area contributed by atoms with Gasteiger partial charge in [0, 0.05) is 6.54 Å². The Kier molecular flexibility index (Phi) is 4.44. The Balaban J connectivity index is 2.17. The Morgan fingerprint density at radius 3 is 2.75 bits per heavy atom. The smallest absolute Gasteiger partial charge is 0.00126 e. The third kappa shape index (κ3) is 2.98. The summed E-state index contributed by atoms with van der Waals surface area (Å²) < 4.78 is 0. The first-order valence-electron chi connectivity index (χ1n) is 5.07. The Bertz CT molecular complexity index is 125. The molecule has 1 saturated heterocycles. The van der Waals surface area contributed by atoms with Crippen molar-refractivity contribution in [2.75, 3.05) is 25.4 Å². The third-order valence-electron chi connectivity index (χ3n) is 2.88. The number of hydrogen-bond donors (Lipinski definition) is 1. The van der Waals surface area contributed by atoms with Crippen LogP contribution in [0.4, 0.5) is 0 Å². The molecule has 1 atom stereocenters. The number of hydrogen-bond acceptors (Lipinski definition) is 2. The molecule has 12 heavy (non-hydrogen) atoms. The number of likely N-dealkylation sites (tertiary alicyclic amines) is 1. The van der Waals surface area contributed by atoms with Gasteiger partial charge in [-0.05, 0) is 43.5 Å². The minimum atomic E-state index is 0.867. The molecule has 0 bridgehead atoms. The topological polar surface area (TPSA) is 3.24 Å². The molecular weight excluding hydrogens is 166 g/mol. The van der Waals surface area contributed by atoms with Crippen LogP contribution in [-0.4, -0.2) is 30.3 Å². The second kappa shape index (κ2) is 5.13. The van der Waals surface area contributed by atoms with Gasteiger partial charge in [0.25, 0.3) is 0 Å². The van der Waals surface area contributed by atoms with Crippen molar-refractivity contribution in [3.8, 4) is 0 Å². The van der Waals surface area contributed by atoms with E-state index in [9.17, 15) is 0 Å². The summed E-state index contributed by atoms with van der Waals surface area (Å²) in [5.74, 6) is 2.85. The lowest BCUT2D eigenvalue weighted by Gasteiger charge is -2.16. The highest BCUT2D eigenvalue weighted by molar-refractivity contribution is 7.80. The van der Waals surface area contributed by atoms with Crippen LogP contribution in [0, 0.1) is 11.8 Å². The molecule has 1 nitrogen and oxygen atoms in total. The number of rotatable bonds is 4. The predicted molar refractivity (Wildman–Crippen MR) is 57.9 cm³/mol. The van der Waals surface area contributed by atoms with E-state index in [2.05, 4.69) is 31.4 Å². The summed E-state index contributed by atoms with van der Waals surface area (Å²) in [6.07, 6.45) is 2.65. The molecular formula is C10H21NS. The van der Waals surface area contributed by atoms with Gasteiger partial charge < -0.3 is 4.90 Å². The minimum absolute atomic E-state index is 0.867. The van der Waals surface area contributed by atoms with Crippen molar-refractivity contribution in [1.29, 1.82) is 0 Å². The first kappa shape index (κ1) is 10.4. The molecule has 1 rings (SSSR count). The fourth-order valence-electron chi connectivity index (χ4n) is 1.90. The second-order valence-corrected chi connectivity index (χ2v) is 4.62. The van der Waals surface area contributed by atoms with Gasteiger partial charge in [-0.1, -0.05) is 13.8 Å². The molecule has 0 aromatic heterocycles. The van der Waals surface area contributed by atoms with E-state index in [0.717, 1.165) is 17.6 Å². The molecule has 0 N–H and O–H groups in total. The van der Waals surface area contributed by atoms with Crippen molar-refractivity contribution in [1.82, 2.24) is 4.90 Å². The van der Waals surface area contributed by atoms with Crippen LogP contribution < -0.4 is 0 Å². The Morgan fingerprint density at radius 1 is 1.50 bits per heavy atom. The molecule has 0 saturated carbocycles. The van der Waals surface area contributed by atoms with Crippen LogP contribution in [0.2, 0.25) is 0 Å². The molecule has 72 valence electrons. The van der Waals surface area contributed by atoms with Crippen molar-refractivity contribution >= 4 is 12.6 Å². The summed E-state index contributed by atoms with van der Waals surface area (Å²) in [6.45, 7) is 8.58. The van der Waals surface area contributed by atoms with Gasteiger partial charge in [0.05, 0.1) is 0 Å². The van der Waals surface area contributed by atoms with Crippen molar-refractivity contribution in [2.24, 2.45) is 11.8 Å². The van der Waals surface area contributed by atoms with Crippen molar-refractivity contribution in [2.45, 2.75) is 26.7 Å². The molecule has 1 heterocycles. The van der Waals surface area contributed by atoms with Crippen molar-refractivity contribution < 1.29 is 0 Å². The Labute approximate surface area is 81.9 Å². The second-order valence-electron chi connectivity index (χ2n) is 4.17. The highest BCUT2D eigenvalue weighted by atomic mass is 32.1. The molecule has 0 aromatic rings. The van der Waals surface area contributed by atoms with Gasteiger partial charge in [0.15, 0.2) is 0 Å². The van der Waals surface area contributed by atoms with Gasteiger partial charge >= 0.3 is 0 Å². The average Bonchev–Trinajstić information content (AvgIpc) is 2.48. The molecule has 1 aliphatic rings. The largest absolute Gasteiger partial charge is 0.303 e. The molecule has 0 amide bonds. The van der Waals surface area contributed by atoms with Crippen LogP contribution in [0.3, 0.4) is 0 Å². The van der Waals surface area contributed by atoms with Crippen LogP contribution >= 0.6 is 12.6 Å². The van der Waals surface area contributed by atoms with Crippen LogP contribution in [0.15, 0.2) is 0 Å². The van der Waals surface area contributed by atoms with Crippen LogP contribution in [0.5, 0.6) is 0 Å². The van der Waals surface area contributed by atoms with Gasteiger partial charge in [-0.3, -0.25) is 0 Å². The van der Waals surface area contributed by atoms with Gasteiger partial charge in [-0.15, -0.1) is 0 Å². The van der Waals surface area contributed by atoms with E-state index < -0.39 is 0 Å². The summed E-state index contributed by atoms with van der Waals surface area (Å²) in [6, 6.07) is 0. The lowest BCUT2D eigenvalue weighted by Crippen LogP contribution is -2.23. The molecule has 0 aromatic carbocycles. The zero-order valence-corrected chi connectivity index (χ0v) is 9.19. The first-order chi connectivity index (χ1) is 5.74. The predicted octanol–water partition coefficient (Wildman–Crippen LogP) is 2.28. The Morgan fingerprint density at radius 2 is 2.25 bits per heavy atom.